The summed E-state index contributed by atoms with van der Waals surface area (Å²) in [6.45, 7) is 4.11. The van der Waals surface area contributed by atoms with Gasteiger partial charge in [-0.3, -0.25) is 9.89 Å². The fourth-order valence-electron chi connectivity index (χ4n) is 4.38. The van der Waals surface area contributed by atoms with Gasteiger partial charge in [-0.2, -0.15) is 5.10 Å². The maximum Gasteiger partial charge on any atom is 0.253 e. The highest BCUT2D eigenvalue weighted by Gasteiger charge is 2.36. The molecule has 2 aliphatic rings. The molecule has 0 aliphatic carbocycles. The summed E-state index contributed by atoms with van der Waals surface area (Å²) in [6, 6.07) is 7.69. The van der Waals surface area contributed by atoms with Gasteiger partial charge in [0.1, 0.15) is 6.33 Å². The van der Waals surface area contributed by atoms with E-state index in [0.717, 1.165) is 37.1 Å². The number of amides is 1. The van der Waals surface area contributed by atoms with Gasteiger partial charge >= 0.3 is 0 Å². The summed E-state index contributed by atoms with van der Waals surface area (Å²) in [6.07, 6.45) is 7.52. The zero-order valence-corrected chi connectivity index (χ0v) is 15.4. The predicted octanol–water partition coefficient (Wildman–Crippen LogP) is 2.81. The van der Waals surface area contributed by atoms with Gasteiger partial charge in [0, 0.05) is 24.2 Å². The summed E-state index contributed by atoms with van der Waals surface area (Å²) >= 11 is 0. The van der Waals surface area contributed by atoms with E-state index in [2.05, 4.69) is 27.1 Å². The summed E-state index contributed by atoms with van der Waals surface area (Å²) in [5, 5.41) is 6.76. The van der Waals surface area contributed by atoms with Crippen LogP contribution in [0.1, 0.15) is 42.5 Å². The number of nitrogens with one attached hydrogen (secondary N) is 1. The highest BCUT2D eigenvalue weighted by molar-refractivity contribution is 5.95. The van der Waals surface area contributed by atoms with Gasteiger partial charge in [0.2, 0.25) is 0 Å². The van der Waals surface area contributed by atoms with E-state index in [0.29, 0.717) is 11.2 Å². The van der Waals surface area contributed by atoms with Crippen molar-refractivity contribution in [2.75, 3.05) is 33.2 Å². The monoisotopic (exact) mass is 353 g/mol. The molecular formula is C20H27N5O. The number of nitrogens with zero attached hydrogens (tertiary/aromatic N) is 4. The van der Waals surface area contributed by atoms with E-state index in [4.69, 9.17) is 0 Å². The number of H-pyrrole nitrogens is 1. The zero-order chi connectivity index (χ0) is 18.0. The molecule has 2 saturated heterocycles. The Labute approximate surface area is 154 Å². The van der Waals surface area contributed by atoms with Gasteiger partial charge in [-0.1, -0.05) is 12.1 Å². The third-order valence-corrected chi connectivity index (χ3v) is 6.18. The van der Waals surface area contributed by atoms with Crippen molar-refractivity contribution in [3.63, 3.8) is 0 Å². The quantitative estimate of drug-likeness (QED) is 0.902. The molecule has 2 fully saturated rings. The molecule has 26 heavy (non-hydrogen) atoms. The molecule has 1 amide bonds. The number of carbonyl (C=O) groups excluding carboxylic acids is 1. The lowest BCUT2D eigenvalue weighted by molar-refractivity contribution is 0.0734. The van der Waals surface area contributed by atoms with Crippen LogP contribution in [-0.4, -0.2) is 64.1 Å². The Hall–Kier alpha value is -2.21. The van der Waals surface area contributed by atoms with Crippen LogP contribution in [0.3, 0.4) is 0 Å². The largest absolute Gasteiger partial charge is 0.339 e. The maximum atomic E-state index is 13.1. The van der Waals surface area contributed by atoms with Crippen LogP contribution in [0.5, 0.6) is 0 Å². The highest BCUT2D eigenvalue weighted by Crippen LogP contribution is 2.41. The van der Waals surface area contributed by atoms with Crippen molar-refractivity contribution in [2.45, 2.75) is 32.1 Å². The molecule has 2 aliphatic heterocycles. The summed E-state index contributed by atoms with van der Waals surface area (Å²) in [7, 11) is 2.21. The fraction of sp³-hybridized carbons (Fsp3) is 0.550. The second-order valence-electron chi connectivity index (χ2n) is 7.86. The van der Waals surface area contributed by atoms with E-state index in [1.54, 1.807) is 0 Å². The van der Waals surface area contributed by atoms with Crippen LogP contribution in [0.4, 0.5) is 0 Å². The third kappa shape index (κ3) is 3.51. The zero-order valence-electron chi connectivity index (χ0n) is 15.4. The number of aromatic nitrogens is 3. The summed E-state index contributed by atoms with van der Waals surface area (Å²) in [5.74, 6) is 0.831. The minimum Gasteiger partial charge on any atom is -0.339 e. The van der Waals surface area contributed by atoms with Crippen molar-refractivity contribution in [1.82, 2.24) is 25.0 Å². The molecule has 3 heterocycles. The normalized spacial score (nSPS) is 20.9. The lowest BCUT2D eigenvalue weighted by Crippen LogP contribution is -2.39. The Bertz CT molecular complexity index is 749. The standard InChI is InChI=1S/C20H27N5O/c1-24-11-7-20(8-12-24)6-3-10-25(13-9-20)19(26)17-5-2-4-16(14-17)18-21-15-22-23-18/h2,4-5,14-15H,3,6-13H2,1H3,(H,21,22,23). The average Bonchev–Trinajstić information content (AvgIpc) is 3.13. The molecule has 0 radical (unpaired) electrons. The Morgan fingerprint density at radius 1 is 1.12 bits per heavy atom. The first-order valence-electron chi connectivity index (χ1n) is 9.59. The Morgan fingerprint density at radius 3 is 2.69 bits per heavy atom. The minimum absolute atomic E-state index is 0.136. The molecule has 0 saturated carbocycles. The van der Waals surface area contributed by atoms with Gasteiger partial charge in [0.25, 0.3) is 5.91 Å². The predicted molar refractivity (Wildman–Crippen MR) is 101 cm³/mol. The van der Waals surface area contributed by atoms with Gasteiger partial charge in [-0.15, -0.1) is 0 Å². The Morgan fingerprint density at radius 2 is 1.92 bits per heavy atom. The second-order valence-corrected chi connectivity index (χ2v) is 7.86. The number of rotatable bonds is 2. The smallest absolute Gasteiger partial charge is 0.253 e. The van der Waals surface area contributed by atoms with Crippen molar-refractivity contribution in [2.24, 2.45) is 5.41 Å². The first-order chi connectivity index (χ1) is 12.7. The number of piperidine rings is 1. The molecule has 0 atom stereocenters. The van der Waals surface area contributed by atoms with Crippen LogP contribution in [0.15, 0.2) is 30.6 Å². The highest BCUT2D eigenvalue weighted by atomic mass is 16.2. The lowest BCUT2D eigenvalue weighted by atomic mass is 9.73. The number of aromatic amines is 1. The van der Waals surface area contributed by atoms with Crippen LogP contribution in [0.25, 0.3) is 11.4 Å². The van der Waals surface area contributed by atoms with Crippen molar-refractivity contribution in [3.8, 4) is 11.4 Å². The van der Waals surface area contributed by atoms with E-state index in [1.165, 1.54) is 38.7 Å². The molecule has 138 valence electrons. The molecule has 1 aromatic carbocycles. The average molecular weight is 353 g/mol. The lowest BCUT2D eigenvalue weighted by Gasteiger charge is -2.40. The molecule has 2 aromatic rings. The summed E-state index contributed by atoms with van der Waals surface area (Å²) in [4.78, 5) is 21.7. The molecular weight excluding hydrogens is 326 g/mol. The van der Waals surface area contributed by atoms with Crippen LogP contribution >= 0.6 is 0 Å². The molecule has 6 nitrogen and oxygen atoms in total. The molecule has 1 N–H and O–H groups in total. The first-order valence-corrected chi connectivity index (χ1v) is 9.59. The van der Waals surface area contributed by atoms with E-state index < -0.39 is 0 Å². The number of hydrogen-bond donors (Lipinski definition) is 1. The second kappa shape index (κ2) is 7.19. The number of likely N-dealkylation sites (tertiary alicyclic amines) is 2. The Kier molecular flexibility index (Phi) is 4.76. The van der Waals surface area contributed by atoms with Crippen LogP contribution in [-0.2, 0) is 0 Å². The SMILES string of the molecule is CN1CCC2(CCCN(C(=O)c3cccc(-c4ncn[nH]4)c3)CC2)CC1. The van der Waals surface area contributed by atoms with Crippen LogP contribution in [0, 0.1) is 5.41 Å². The molecule has 0 bridgehead atoms. The van der Waals surface area contributed by atoms with Crippen molar-refractivity contribution >= 4 is 5.91 Å². The molecule has 1 aromatic heterocycles. The molecule has 1 spiro atoms. The van der Waals surface area contributed by atoms with Crippen molar-refractivity contribution < 1.29 is 4.79 Å². The van der Waals surface area contributed by atoms with E-state index >= 15 is 0 Å². The summed E-state index contributed by atoms with van der Waals surface area (Å²) in [5.41, 5.74) is 2.08. The Balaban J connectivity index is 1.46. The number of hydrogen-bond acceptors (Lipinski definition) is 4. The van der Waals surface area contributed by atoms with E-state index in [-0.39, 0.29) is 5.91 Å². The van der Waals surface area contributed by atoms with Crippen molar-refractivity contribution in [1.29, 1.82) is 0 Å². The van der Waals surface area contributed by atoms with Gasteiger partial charge in [-0.25, -0.2) is 4.98 Å². The first kappa shape index (κ1) is 17.2. The third-order valence-electron chi connectivity index (χ3n) is 6.18. The maximum absolute atomic E-state index is 13.1. The number of benzene rings is 1. The van der Waals surface area contributed by atoms with Crippen LogP contribution < -0.4 is 0 Å². The van der Waals surface area contributed by atoms with E-state index in [1.807, 2.05) is 29.2 Å². The van der Waals surface area contributed by atoms with E-state index in [9.17, 15) is 4.79 Å². The van der Waals surface area contributed by atoms with Gasteiger partial charge < -0.3 is 9.80 Å². The summed E-state index contributed by atoms with van der Waals surface area (Å²) < 4.78 is 0. The molecule has 6 heteroatoms. The van der Waals surface area contributed by atoms with Gasteiger partial charge in [-0.05, 0) is 69.8 Å². The molecule has 4 rings (SSSR count). The van der Waals surface area contributed by atoms with Gasteiger partial charge in [0.15, 0.2) is 5.82 Å². The minimum atomic E-state index is 0.136. The number of carbonyl (C=O) groups is 1. The van der Waals surface area contributed by atoms with Gasteiger partial charge in [0.05, 0.1) is 0 Å². The molecule has 0 unspecified atom stereocenters. The van der Waals surface area contributed by atoms with Crippen LogP contribution in [0.2, 0.25) is 0 Å². The van der Waals surface area contributed by atoms with Crippen molar-refractivity contribution in [3.05, 3.63) is 36.2 Å². The topological polar surface area (TPSA) is 65.1 Å². The fourth-order valence-corrected chi connectivity index (χ4v) is 4.38.